The molecule has 1 aliphatic heterocycles. The van der Waals surface area contributed by atoms with Crippen LogP contribution < -0.4 is 0 Å². The van der Waals surface area contributed by atoms with Gasteiger partial charge in [0.25, 0.3) is 0 Å². The van der Waals surface area contributed by atoms with Crippen molar-refractivity contribution in [3.63, 3.8) is 0 Å². The van der Waals surface area contributed by atoms with Gasteiger partial charge in [0.2, 0.25) is 10.0 Å². The maximum atomic E-state index is 14.0. The van der Waals surface area contributed by atoms with Gasteiger partial charge in [-0.1, -0.05) is 18.9 Å². The van der Waals surface area contributed by atoms with Crippen LogP contribution in [-0.2, 0) is 16.6 Å². The highest BCUT2D eigenvalue weighted by Gasteiger charge is 2.31. The third-order valence-corrected chi connectivity index (χ3v) is 5.80. The minimum Gasteiger partial charge on any atom is -0.392 e. The molecule has 1 fully saturated rings. The number of halogens is 1. The fraction of sp³-hybridized carbons (Fsp3) is 0.571. The highest BCUT2D eigenvalue weighted by molar-refractivity contribution is 7.89. The first kappa shape index (κ1) is 15.4. The van der Waals surface area contributed by atoms with E-state index >= 15 is 0 Å². The van der Waals surface area contributed by atoms with E-state index in [1.165, 1.54) is 16.4 Å². The summed E-state index contributed by atoms with van der Waals surface area (Å²) in [5.41, 5.74) is 0.366. The predicted octanol–water partition coefficient (Wildman–Crippen LogP) is 2.27. The second-order valence-corrected chi connectivity index (χ2v) is 7.10. The van der Waals surface area contributed by atoms with E-state index < -0.39 is 15.8 Å². The number of hydrogen-bond donors (Lipinski definition) is 1. The maximum absolute atomic E-state index is 14.0. The molecule has 2 rings (SSSR count). The molecule has 0 aromatic heterocycles. The van der Waals surface area contributed by atoms with E-state index in [4.69, 9.17) is 5.11 Å². The number of sulfonamides is 1. The summed E-state index contributed by atoms with van der Waals surface area (Å²) in [5.74, 6) is -0.798. The van der Waals surface area contributed by atoms with Gasteiger partial charge in [-0.3, -0.25) is 0 Å². The van der Waals surface area contributed by atoms with Gasteiger partial charge in [-0.15, -0.1) is 0 Å². The topological polar surface area (TPSA) is 57.6 Å². The molecule has 0 amide bonds. The molecule has 1 saturated heterocycles. The van der Waals surface area contributed by atoms with Gasteiger partial charge >= 0.3 is 0 Å². The van der Waals surface area contributed by atoms with Gasteiger partial charge in [-0.05, 0) is 37.5 Å². The van der Waals surface area contributed by atoms with Gasteiger partial charge in [0.15, 0.2) is 0 Å². The number of benzene rings is 1. The quantitative estimate of drug-likeness (QED) is 0.932. The Morgan fingerprint density at radius 3 is 2.75 bits per heavy atom. The molecule has 6 heteroatoms. The number of hydrogen-bond acceptors (Lipinski definition) is 3. The van der Waals surface area contributed by atoms with Crippen LogP contribution in [0.3, 0.4) is 0 Å². The van der Waals surface area contributed by atoms with E-state index in [2.05, 4.69) is 0 Å². The van der Waals surface area contributed by atoms with Crippen LogP contribution in [0, 0.1) is 5.82 Å². The third kappa shape index (κ3) is 3.02. The zero-order valence-corrected chi connectivity index (χ0v) is 12.4. The molecule has 1 unspecified atom stereocenters. The Balaban J connectivity index is 2.38. The Kier molecular flexibility index (Phi) is 4.78. The van der Waals surface area contributed by atoms with Crippen LogP contribution >= 0.6 is 0 Å². The van der Waals surface area contributed by atoms with E-state index in [-0.39, 0.29) is 17.5 Å². The van der Waals surface area contributed by atoms with Crippen molar-refractivity contribution in [1.29, 1.82) is 0 Å². The Hall–Kier alpha value is -0.980. The second-order valence-electron chi connectivity index (χ2n) is 5.24. The fourth-order valence-corrected chi connectivity index (χ4v) is 4.33. The van der Waals surface area contributed by atoms with Crippen molar-refractivity contribution in [3.8, 4) is 0 Å². The van der Waals surface area contributed by atoms with Crippen LogP contribution in [0.25, 0.3) is 0 Å². The number of aliphatic hydroxyl groups excluding tert-OH is 1. The van der Waals surface area contributed by atoms with Gasteiger partial charge in [-0.2, -0.15) is 4.31 Å². The van der Waals surface area contributed by atoms with Gasteiger partial charge < -0.3 is 5.11 Å². The van der Waals surface area contributed by atoms with Crippen molar-refractivity contribution in [2.45, 2.75) is 50.2 Å². The van der Waals surface area contributed by atoms with Crippen molar-refractivity contribution in [2.75, 3.05) is 6.54 Å². The normalized spacial score (nSPS) is 21.6. The van der Waals surface area contributed by atoms with Crippen LogP contribution in [0.1, 0.15) is 38.2 Å². The molecule has 0 aliphatic carbocycles. The van der Waals surface area contributed by atoms with Crippen LogP contribution in [0.2, 0.25) is 0 Å². The molecule has 1 aromatic carbocycles. The summed E-state index contributed by atoms with van der Waals surface area (Å²) in [6.07, 6.45) is 3.61. The Bertz CT molecular complexity index is 574. The highest BCUT2D eigenvalue weighted by Crippen LogP contribution is 2.26. The average Bonchev–Trinajstić information content (AvgIpc) is 2.63. The van der Waals surface area contributed by atoms with Crippen molar-refractivity contribution in [1.82, 2.24) is 4.31 Å². The van der Waals surface area contributed by atoms with E-state index in [0.29, 0.717) is 12.1 Å². The molecule has 4 nitrogen and oxygen atoms in total. The SMILES string of the molecule is CC1CCCCCN1S(=O)(=O)c1ccc(CO)cc1F. The molecule has 20 heavy (non-hydrogen) atoms. The van der Waals surface area contributed by atoms with Crippen molar-refractivity contribution >= 4 is 10.0 Å². The third-order valence-electron chi connectivity index (χ3n) is 3.76. The largest absolute Gasteiger partial charge is 0.392 e. The number of aliphatic hydroxyl groups is 1. The van der Waals surface area contributed by atoms with Crippen molar-refractivity contribution in [2.24, 2.45) is 0 Å². The lowest BCUT2D eigenvalue weighted by Crippen LogP contribution is -2.38. The molecular weight excluding hydrogens is 281 g/mol. The molecular formula is C14H20FNO3S. The summed E-state index contributed by atoms with van der Waals surface area (Å²) in [6, 6.07) is 3.65. The lowest BCUT2D eigenvalue weighted by atomic mass is 10.1. The van der Waals surface area contributed by atoms with Crippen molar-refractivity contribution in [3.05, 3.63) is 29.6 Å². The van der Waals surface area contributed by atoms with Crippen LogP contribution in [0.4, 0.5) is 4.39 Å². The molecule has 0 radical (unpaired) electrons. The number of nitrogens with zero attached hydrogens (tertiary/aromatic N) is 1. The first-order valence-electron chi connectivity index (χ1n) is 6.88. The van der Waals surface area contributed by atoms with Crippen LogP contribution in [-0.4, -0.2) is 30.4 Å². The minimum atomic E-state index is -3.81. The van der Waals surface area contributed by atoms with E-state index in [9.17, 15) is 12.8 Å². The summed E-state index contributed by atoms with van der Waals surface area (Å²) in [4.78, 5) is -0.302. The van der Waals surface area contributed by atoms with Gasteiger partial charge in [0, 0.05) is 12.6 Å². The molecule has 0 bridgehead atoms. The summed E-state index contributed by atoms with van der Waals surface area (Å²) in [7, 11) is -3.81. The molecule has 1 atom stereocenters. The summed E-state index contributed by atoms with van der Waals surface area (Å²) in [5, 5.41) is 8.96. The molecule has 112 valence electrons. The molecule has 1 aromatic rings. The number of rotatable bonds is 3. The Morgan fingerprint density at radius 1 is 1.35 bits per heavy atom. The van der Waals surface area contributed by atoms with Gasteiger partial charge in [-0.25, -0.2) is 12.8 Å². The zero-order chi connectivity index (χ0) is 14.8. The first-order valence-corrected chi connectivity index (χ1v) is 8.32. The molecule has 1 heterocycles. The summed E-state index contributed by atoms with van der Waals surface area (Å²) < 4.78 is 40.6. The standard InChI is InChI=1S/C14H20FNO3S/c1-11-5-3-2-4-8-16(11)20(18,19)14-7-6-12(10-17)9-13(14)15/h6-7,9,11,17H,2-5,8,10H2,1H3. The summed E-state index contributed by atoms with van der Waals surface area (Å²) in [6.45, 7) is 1.99. The first-order chi connectivity index (χ1) is 9.46. The monoisotopic (exact) mass is 301 g/mol. The lowest BCUT2D eigenvalue weighted by Gasteiger charge is -2.26. The van der Waals surface area contributed by atoms with E-state index in [1.54, 1.807) is 0 Å². The highest BCUT2D eigenvalue weighted by atomic mass is 32.2. The smallest absolute Gasteiger partial charge is 0.246 e. The van der Waals surface area contributed by atoms with E-state index in [1.807, 2.05) is 6.92 Å². The van der Waals surface area contributed by atoms with Crippen molar-refractivity contribution < 1.29 is 17.9 Å². The molecule has 0 saturated carbocycles. The lowest BCUT2D eigenvalue weighted by molar-refractivity contribution is 0.281. The Labute approximate surface area is 119 Å². The van der Waals surface area contributed by atoms with Gasteiger partial charge in [0.05, 0.1) is 6.61 Å². The Morgan fingerprint density at radius 2 is 2.10 bits per heavy atom. The minimum absolute atomic E-state index is 0.112. The predicted molar refractivity (Wildman–Crippen MR) is 74.1 cm³/mol. The second kappa shape index (κ2) is 6.20. The maximum Gasteiger partial charge on any atom is 0.246 e. The van der Waals surface area contributed by atoms with Crippen LogP contribution in [0.5, 0.6) is 0 Å². The fourth-order valence-electron chi connectivity index (χ4n) is 2.58. The molecule has 1 N–H and O–H groups in total. The van der Waals surface area contributed by atoms with Gasteiger partial charge in [0.1, 0.15) is 10.7 Å². The zero-order valence-electron chi connectivity index (χ0n) is 11.5. The van der Waals surface area contributed by atoms with E-state index in [0.717, 1.165) is 31.7 Å². The van der Waals surface area contributed by atoms with Crippen LogP contribution in [0.15, 0.2) is 23.1 Å². The summed E-state index contributed by atoms with van der Waals surface area (Å²) >= 11 is 0. The average molecular weight is 301 g/mol. The molecule has 0 spiro atoms. The molecule has 1 aliphatic rings.